The first-order valence-corrected chi connectivity index (χ1v) is 7.70. The molecule has 4 nitrogen and oxygen atoms in total. The van der Waals surface area contributed by atoms with Crippen molar-refractivity contribution in [3.63, 3.8) is 0 Å². The molecule has 0 fully saturated rings. The smallest absolute Gasteiger partial charge is 0.313 e. The fourth-order valence-corrected chi connectivity index (χ4v) is 2.17. The number of halogens is 1. The van der Waals surface area contributed by atoms with Crippen molar-refractivity contribution in [1.82, 2.24) is 5.32 Å². The van der Waals surface area contributed by atoms with Gasteiger partial charge in [0.15, 0.2) is 0 Å². The molecule has 1 N–H and O–H groups in total. The van der Waals surface area contributed by atoms with Gasteiger partial charge in [-0.25, -0.2) is 0 Å². The topological polar surface area (TPSA) is 55.4 Å². The van der Waals surface area contributed by atoms with Crippen molar-refractivity contribution >= 4 is 23.5 Å². The monoisotopic (exact) mass is 331 g/mol. The normalized spacial score (nSPS) is 10.2. The zero-order chi connectivity index (χ0) is 16.7. The number of nitrogens with one attached hydrogen (secondary N) is 1. The number of carbonyl (C=O) groups is 2. The van der Waals surface area contributed by atoms with Crippen LogP contribution in [-0.2, 0) is 16.0 Å². The number of benzene rings is 2. The third kappa shape index (κ3) is 5.75. The van der Waals surface area contributed by atoms with E-state index in [2.05, 4.69) is 5.32 Å². The molecule has 23 heavy (non-hydrogen) atoms. The highest BCUT2D eigenvalue weighted by atomic mass is 35.5. The Morgan fingerprint density at radius 2 is 1.87 bits per heavy atom. The average Bonchev–Trinajstić information content (AvgIpc) is 2.52. The molecule has 1 amide bonds. The second kappa shape index (κ2) is 8.34. The zero-order valence-corrected chi connectivity index (χ0v) is 13.6. The van der Waals surface area contributed by atoms with Gasteiger partial charge in [0.05, 0.1) is 17.9 Å². The summed E-state index contributed by atoms with van der Waals surface area (Å²) in [4.78, 5) is 23.6. The van der Waals surface area contributed by atoms with Crippen LogP contribution in [0.4, 0.5) is 0 Å². The van der Waals surface area contributed by atoms with Crippen molar-refractivity contribution < 1.29 is 14.3 Å². The molecule has 0 aliphatic rings. The van der Waals surface area contributed by atoms with Gasteiger partial charge < -0.3 is 10.1 Å². The molecule has 0 aliphatic carbocycles. The molecule has 0 saturated carbocycles. The van der Waals surface area contributed by atoms with Crippen molar-refractivity contribution in [2.45, 2.75) is 19.8 Å². The van der Waals surface area contributed by atoms with Crippen LogP contribution in [0.15, 0.2) is 48.5 Å². The maximum Gasteiger partial charge on any atom is 0.313 e. The molecule has 120 valence electrons. The molecule has 0 aromatic heterocycles. The Labute approximate surface area is 140 Å². The third-order valence-electron chi connectivity index (χ3n) is 3.17. The van der Waals surface area contributed by atoms with Crippen LogP contribution in [0.25, 0.3) is 0 Å². The fraction of sp³-hybridized carbons (Fsp3) is 0.222. The highest BCUT2D eigenvalue weighted by molar-refractivity contribution is 6.32. The van der Waals surface area contributed by atoms with E-state index in [1.165, 1.54) is 0 Å². The van der Waals surface area contributed by atoms with Gasteiger partial charge in [0.2, 0.25) is 5.91 Å². The molecule has 0 radical (unpaired) electrons. The minimum Gasteiger partial charge on any atom is -0.425 e. The number of rotatable bonds is 6. The highest BCUT2D eigenvalue weighted by Crippen LogP contribution is 2.25. The first-order chi connectivity index (χ1) is 11.0. The SMILES string of the molecule is Cc1ccc(Cl)c(OC(=O)CCNC(=O)Cc2ccccc2)c1. The predicted octanol–water partition coefficient (Wildman–Crippen LogP) is 3.30. The number of carbonyl (C=O) groups excluding carboxylic acids is 2. The zero-order valence-electron chi connectivity index (χ0n) is 12.8. The molecule has 2 rings (SSSR count). The quantitative estimate of drug-likeness (QED) is 0.652. The van der Waals surface area contributed by atoms with E-state index >= 15 is 0 Å². The summed E-state index contributed by atoms with van der Waals surface area (Å²) in [6.07, 6.45) is 0.379. The molecule has 0 saturated heterocycles. The number of hydrogen-bond acceptors (Lipinski definition) is 3. The number of esters is 1. The van der Waals surface area contributed by atoms with Gasteiger partial charge in [0.1, 0.15) is 5.75 Å². The molecule has 0 atom stereocenters. The number of hydrogen-bond donors (Lipinski definition) is 1. The lowest BCUT2D eigenvalue weighted by atomic mass is 10.1. The van der Waals surface area contributed by atoms with Crippen LogP contribution in [0.1, 0.15) is 17.5 Å². The molecular formula is C18H18ClNO3. The Bertz CT molecular complexity index is 686. The lowest BCUT2D eigenvalue weighted by Gasteiger charge is -2.08. The lowest BCUT2D eigenvalue weighted by molar-refractivity contribution is -0.134. The van der Waals surface area contributed by atoms with Crippen LogP contribution in [-0.4, -0.2) is 18.4 Å². The van der Waals surface area contributed by atoms with Crippen molar-refractivity contribution in [2.24, 2.45) is 0 Å². The molecule has 0 bridgehead atoms. The van der Waals surface area contributed by atoms with E-state index in [0.29, 0.717) is 17.2 Å². The Kier molecular flexibility index (Phi) is 6.18. The average molecular weight is 332 g/mol. The first kappa shape index (κ1) is 17.0. The molecular weight excluding hydrogens is 314 g/mol. The maximum absolute atomic E-state index is 11.8. The van der Waals surface area contributed by atoms with Gasteiger partial charge in [-0.05, 0) is 30.2 Å². The standard InChI is InChI=1S/C18H18ClNO3/c1-13-7-8-15(19)16(11-13)23-18(22)9-10-20-17(21)12-14-5-3-2-4-6-14/h2-8,11H,9-10,12H2,1H3,(H,20,21). The Morgan fingerprint density at radius 3 is 2.61 bits per heavy atom. The predicted molar refractivity (Wildman–Crippen MR) is 89.6 cm³/mol. The van der Waals surface area contributed by atoms with Gasteiger partial charge in [0, 0.05) is 6.54 Å². The summed E-state index contributed by atoms with van der Waals surface area (Å²) >= 11 is 5.97. The van der Waals surface area contributed by atoms with Crippen LogP contribution < -0.4 is 10.1 Å². The van der Waals surface area contributed by atoms with E-state index in [9.17, 15) is 9.59 Å². The van der Waals surface area contributed by atoms with Gasteiger partial charge in [-0.2, -0.15) is 0 Å². The number of aryl methyl sites for hydroxylation is 1. The molecule has 0 aliphatic heterocycles. The molecule has 5 heteroatoms. The third-order valence-corrected chi connectivity index (χ3v) is 3.48. The van der Waals surface area contributed by atoms with E-state index in [1.54, 1.807) is 12.1 Å². The molecule has 0 spiro atoms. The van der Waals surface area contributed by atoms with Gasteiger partial charge in [-0.1, -0.05) is 48.0 Å². The van der Waals surface area contributed by atoms with Crippen molar-refractivity contribution in [2.75, 3.05) is 6.54 Å². The van der Waals surface area contributed by atoms with Crippen molar-refractivity contribution in [3.8, 4) is 5.75 Å². The minimum atomic E-state index is -0.433. The van der Waals surface area contributed by atoms with Gasteiger partial charge >= 0.3 is 5.97 Å². The second-order valence-electron chi connectivity index (χ2n) is 5.17. The van der Waals surface area contributed by atoms with Crippen LogP contribution >= 0.6 is 11.6 Å². The summed E-state index contributed by atoms with van der Waals surface area (Å²) in [5, 5.41) is 3.09. The summed E-state index contributed by atoms with van der Waals surface area (Å²) < 4.78 is 5.20. The van der Waals surface area contributed by atoms with Gasteiger partial charge in [-0.15, -0.1) is 0 Å². The summed E-state index contributed by atoms with van der Waals surface area (Å²) in [5.74, 6) is -0.220. The Morgan fingerprint density at radius 1 is 1.13 bits per heavy atom. The molecule has 0 heterocycles. The van der Waals surface area contributed by atoms with E-state index in [1.807, 2.05) is 43.3 Å². The number of ether oxygens (including phenoxy) is 1. The summed E-state index contributed by atoms with van der Waals surface area (Å²) in [6.45, 7) is 2.12. The number of amides is 1. The fourth-order valence-electron chi connectivity index (χ4n) is 2.01. The van der Waals surface area contributed by atoms with E-state index < -0.39 is 5.97 Å². The molecule has 2 aromatic carbocycles. The summed E-state index contributed by atoms with van der Waals surface area (Å²) in [6, 6.07) is 14.6. The van der Waals surface area contributed by atoms with Crippen LogP contribution in [0, 0.1) is 6.92 Å². The highest BCUT2D eigenvalue weighted by Gasteiger charge is 2.09. The van der Waals surface area contributed by atoms with Crippen LogP contribution in [0.3, 0.4) is 0 Å². The Hall–Kier alpha value is -2.33. The largest absolute Gasteiger partial charge is 0.425 e. The lowest BCUT2D eigenvalue weighted by Crippen LogP contribution is -2.28. The van der Waals surface area contributed by atoms with E-state index in [4.69, 9.17) is 16.3 Å². The van der Waals surface area contributed by atoms with E-state index in [-0.39, 0.29) is 18.9 Å². The van der Waals surface area contributed by atoms with E-state index in [0.717, 1.165) is 11.1 Å². The molecule has 2 aromatic rings. The Balaban J connectivity index is 1.74. The van der Waals surface area contributed by atoms with Gasteiger partial charge in [-0.3, -0.25) is 9.59 Å². The van der Waals surface area contributed by atoms with Gasteiger partial charge in [0.25, 0.3) is 0 Å². The van der Waals surface area contributed by atoms with Crippen molar-refractivity contribution in [3.05, 3.63) is 64.7 Å². The molecule has 0 unspecified atom stereocenters. The van der Waals surface area contributed by atoms with Crippen LogP contribution in [0.5, 0.6) is 5.75 Å². The summed E-state index contributed by atoms with van der Waals surface area (Å²) in [5.41, 5.74) is 1.88. The second-order valence-corrected chi connectivity index (χ2v) is 5.58. The maximum atomic E-state index is 11.8. The van der Waals surface area contributed by atoms with Crippen molar-refractivity contribution in [1.29, 1.82) is 0 Å². The first-order valence-electron chi connectivity index (χ1n) is 7.32. The summed E-state index contributed by atoms with van der Waals surface area (Å²) in [7, 11) is 0. The van der Waals surface area contributed by atoms with Crippen LogP contribution in [0.2, 0.25) is 5.02 Å². The minimum absolute atomic E-state index is 0.0881.